The van der Waals surface area contributed by atoms with E-state index in [2.05, 4.69) is 33.0 Å². The number of pyridine rings is 1. The van der Waals surface area contributed by atoms with E-state index in [4.69, 9.17) is 15.5 Å². The molecule has 2 N–H and O–H groups in total. The molecular weight excluding hydrogens is 330 g/mol. The number of nitrogens with zero attached hydrogens (tertiary/aromatic N) is 4. The molecule has 0 aromatic carbocycles. The van der Waals surface area contributed by atoms with E-state index in [1.807, 2.05) is 12.3 Å². The quantitative estimate of drug-likeness (QED) is 0.772. The van der Waals surface area contributed by atoms with Gasteiger partial charge in [0.1, 0.15) is 5.82 Å². The first-order valence-electron chi connectivity index (χ1n) is 9.38. The Labute approximate surface area is 153 Å². The Balaban J connectivity index is 1.30. The number of rotatable bonds is 7. The van der Waals surface area contributed by atoms with Gasteiger partial charge in [-0.2, -0.15) is 5.10 Å². The standard InChI is InChI=1S/C19H25N5O2/c20-19(25)26-9-2-4-14-10-16(11-14)24-13-15(12-21-24)17-5-1-6-18(22-17)23-7-3-8-23/h1,5-6,12-14,16H,2-4,7-11H2,(H2,20,25)/t14-,16-. The first-order chi connectivity index (χ1) is 12.7. The van der Waals surface area contributed by atoms with Gasteiger partial charge in [0.25, 0.3) is 0 Å². The topological polar surface area (TPSA) is 86.3 Å². The summed E-state index contributed by atoms with van der Waals surface area (Å²) in [6.45, 7) is 2.62. The Hall–Kier alpha value is -2.57. The number of carbonyl (C=O) groups excluding carboxylic acids is 1. The molecule has 1 aliphatic heterocycles. The van der Waals surface area contributed by atoms with E-state index in [-0.39, 0.29) is 0 Å². The Morgan fingerprint density at radius 1 is 1.31 bits per heavy atom. The lowest BCUT2D eigenvalue weighted by molar-refractivity contribution is 0.135. The van der Waals surface area contributed by atoms with Crippen LogP contribution in [0.15, 0.2) is 30.6 Å². The van der Waals surface area contributed by atoms with Crippen molar-refractivity contribution in [3.8, 4) is 11.3 Å². The maximum Gasteiger partial charge on any atom is 0.404 e. The van der Waals surface area contributed by atoms with Crippen LogP contribution in [0, 0.1) is 5.92 Å². The van der Waals surface area contributed by atoms with Crippen molar-refractivity contribution >= 4 is 11.9 Å². The second-order valence-corrected chi connectivity index (χ2v) is 7.23. The highest BCUT2D eigenvalue weighted by Gasteiger charge is 2.30. The third-order valence-electron chi connectivity index (χ3n) is 5.40. The van der Waals surface area contributed by atoms with Gasteiger partial charge in [-0.15, -0.1) is 0 Å². The van der Waals surface area contributed by atoms with E-state index >= 15 is 0 Å². The highest BCUT2D eigenvalue weighted by molar-refractivity contribution is 5.64. The minimum atomic E-state index is -0.688. The third kappa shape index (κ3) is 3.66. The van der Waals surface area contributed by atoms with Gasteiger partial charge in [-0.3, -0.25) is 4.68 Å². The zero-order valence-electron chi connectivity index (χ0n) is 14.9. The normalized spacial score (nSPS) is 21.8. The highest BCUT2D eigenvalue weighted by Crippen LogP contribution is 2.40. The summed E-state index contributed by atoms with van der Waals surface area (Å²) in [5.41, 5.74) is 7.02. The predicted octanol–water partition coefficient (Wildman–Crippen LogP) is 2.98. The summed E-state index contributed by atoms with van der Waals surface area (Å²) < 4.78 is 6.85. The van der Waals surface area contributed by atoms with Gasteiger partial charge in [0, 0.05) is 24.8 Å². The summed E-state index contributed by atoms with van der Waals surface area (Å²) in [7, 11) is 0. The molecule has 26 heavy (non-hydrogen) atoms. The van der Waals surface area contributed by atoms with Crippen molar-refractivity contribution < 1.29 is 9.53 Å². The molecule has 138 valence electrons. The van der Waals surface area contributed by atoms with Gasteiger partial charge in [0.2, 0.25) is 0 Å². The fraction of sp³-hybridized carbons (Fsp3) is 0.526. The Morgan fingerprint density at radius 2 is 2.15 bits per heavy atom. The van der Waals surface area contributed by atoms with Crippen LogP contribution in [-0.4, -0.2) is 40.6 Å². The molecule has 7 nitrogen and oxygen atoms in total. The number of primary amides is 1. The fourth-order valence-electron chi connectivity index (χ4n) is 3.67. The first kappa shape index (κ1) is 16.9. The summed E-state index contributed by atoms with van der Waals surface area (Å²) in [4.78, 5) is 17.6. The molecule has 1 aliphatic carbocycles. The number of ether oxygens (including phenoxy) is 1. The van der Waals surface area contributed by atoms with Crippen molar-refractivity contribution in [2.75, 3.05) is 24.6 Å². The summed E-state index contributed by atoms with van der Waals surface area (Å²) in [6.07, 6.45) is 8.77. The third-order valence-corrected chi connectivity index (χ3v) is 5.40. The van der Waals surface area contributed by atoms with E-state index in [0.29, 0.717) is 18.6 Å². The van der Waals surface area contributed by atoms with Crippen molar-refractivity contribution in [3.63, 3.8) is 0 Å². The maximum atomic E-state index is 10.5. The Bertz CT molecular complexity index is 765. The predicted molar refractivity (Wildman–Crippen MR) is 98.8 cm³/mol. The molecule has 0 bridgehead atoms. The minimum absolute atomic E-state index is 0.418. The number of hydrogen-bond acceptors (Lipinski definition) is 5. The van der Waals surface area contributed by atoms with E-state index in [1.165, 1.54) is 6.42 Å². The molecule has 1 amide bonds. The monoisotopic (exact) mass is 355 g/mol. The van der Waals surface area contributed by atoms with E-state index < -0.39 is 6.09 Å². The van der Waals surface area contributed by atoms with Crippen molar-refractivity contribution in [3.05, 3.63) is 30.6 Å². The zero-order chi connectivity index (χ0) is 17.9. The van der Waals surface area contributed by atoms with Crippen LogP contribution in [0.1, 0.15) is 38.1 Å². The van der Waals surface area contributed by atoms with Crippen molar-refractivity contribution in [1.29, 1.82) is 0 Å². The number of anilines is 1. The first-order valence-corrected chi connectivity index (χ1v) is 9.38. The number of carbonyl (C=O) groups is 1. The van der Waals surface area contributed by atoms with Crippen LogP contribution in [0.25, 0.3) is 11.3 Å². The molecule has 7 heteroatoms. The summed E-state index contributed by atoms with van der Waals surface area (Å²) in [5, 5.41) is 4.55. The molecule has 2 aliphatic rings. The van der Waals surface area contributed by atoms with Crippen LogP contribution in [0.2, 0.25) is 0 Å². The Kier molecular flexibility index (Phi) is 4.77. The van der Waals surface area contributed by atoms with E-state index in [0.717, 1.165) is 55.8 Å². The summed E-state index contributed by atoms with van der Waals surface area (Å²) >= 11 is 0. The molecule has 0 unspecified atom stereocenters. The molecule has 0 radical (unpaired) electrons. The molecule has 2 fully saturated rings. The average molecular weight is 355 g/mol. The average Bonchev–Trinajstić information content (AvgIpc) is 3.01. The summed E-state index contributed by atoms with van der Waals surface area (Å²) in [6, 6.07) is 6.66. The van der Waals surface area contributed by atoms with Crippen LogP contribution < -0.4 is 10.6 Å². The number of hydrogen-bond donors (Lipinski definition) is 1. The molecule has 1 saturated carbocycles. The lowest BCUT2D eigenvalue weighted by Gasteiger charge is -2.35. The van der Waals surface area contributed by atoms with Gasteiger partial charge in [-0.1, -0.05) is 6.07 Å². The van der Waals surface area contributed by atoms with Crippen LogP contribution in [0.4, 0.5) is 10.6 Å². The number of amides is 1. The Morgan fingerprint density at radius 3 is 2.88 bits per heavy atom. The van der Waals surface area contributed by atoms with E-state index in [9.17, 15) is 4.79 Å². The van der Waals surface area contributed by atoms with E-state index in [1.54, 1.807) is 0 Å². The van der Waals surface area contributed by atoms with Crippen molar-refractivity contribution in [2.45, 2.75) is 38.1 Å². The minimum Gasteiger partial charge on any atom is -0.450 e. The van der Waals surface area contributed by atoms with Crippen LogP contribution in [0.5, 0.6) is 0 Å². The lowest BCUT2D eigenvalue weighted by Crippen LogP contribution is -2.37. The van der Waals surface area contributed by atoms with Crippen molar-refractivity contribution in [2.24, 2.45) is 11.7 Å². The van der Waals surface area contributed by atoms with Gasteiger partial charge in [-0.25, -0.2) is 9.78 Å². The van der Waals surface area contributed by atoms with Gasteiger partial charge in [-0.05, 0) is 50.2 Å². The molecule has 3 heterocycles. The number of nitrogens with two attached hydrogens (primary N) is 1. The van der Waals surface area contributed by atoms with Crippen LogP contribution >= 0.6 is 0 Å². The number of aromatic nitrogens is 3. The molecule has 4 rings (SSSR count). The molecule has 2 aromatic heterocycles. The highest BCUT2D eigenvalue weighted by atomic mass is 16.5. The van der Waals surface area contributed by atoms with Gasteiger partial charge < -0.3 is 15.4 Å². The van der Waals surface area contributed by atoms with Crippen LogP contribution in [0.3, 0.4) is 0 Å². The SMILES string of the molecule is NC(=O)OCCC[C@H]1C[C@H](n2cc(-c3cccc(N4CCC4)n3)cn2)C1. The molecule has 1 saturated heterocycles. The molecule has 2 aromatic rings. The second-order valence-electron chi connectivity index (χ2n) is 7.23. The second kappa shape index (κ2) is 7.35. The van der Waals surface area contributed by atoms with Crippen molar-refractivity contribution in [1.82, 2.24) is 14.8 Å². The summed E-state index contributed by atoms with van der Waals surface area (Å²) in [5.74, 6) is 1.74. The molecular formula is C19H25N5O2. The maximum absolute atomic E-state index is 10.5. The van der Waals surface area contributed by atoms with Crippen LogP contribution in [-0.2, 0) is 4.74 Å². The van der Waals surface area contributed by atoms with Gasteiger partial charge >= 0.3 is 6.09 Å². The lowest BCUT2D eigenvalue weighted by atomic mass is 9.77. The smallest absolute Gasteiger partial charge is 0.404 e. The van der Waals surface area contributed by atoms with Gasteiger partial charge in [0.05, 0.1) is 24.5 Å². The zero-order valence-corrected chi connectivity index (χ0v) is 14.9. The molecule has 0 spiro atoms. The largest absolute Gasteiger partial charge is 0.450 e. The van der Waals surface area contributed by atoms with Gasteiger partial charge in [0.15, 0.2) is 0 Å². The fourth-order valence-corrected chi connectivity index (χ4v) is 3.67. The molecule has 0 atom stereocenters.